The molecular weight excluding hydrogens is 322 g/mol. The van der Waals surface area contributed by atoms with Crippen LogP contribution in [0.5, 0.6) is 0 Å². The number of hydrogen-bond donors (Lipinski definition) is 0. The van der Waals surface area contributed by atoms with Crippen LogP contribution in [0.2, 0.25) is 0 Å². The van der Waals surface area contributed by atoms with Crippen molar-refractivity contribution in [2.75, 3.05) is 28.2 Å². The fourth-order valence-corrected chi connectivity index (χ4v) is 1.39. The van der Waals surface area contributed by atoms with E-state index in [0.29, 0.717) is 11.3 Å². The Morgan fingerprint density at radius 1 is 1.32 bits per heavy atom. The summed E-state index contributed by atoms with van der Waals surface area (Å²) in [6.07, 6.45) is 4.80. The number of nitrogens with zero attached hydrogens (tertiary/aromatic N) is 5. The van der Waals surface area contributed by atoms with Crippen molar-refractivity contribution in [1.82, 2.24) is 4.90 Å². The van der Waals surface area contributed by atoms with Crippen molar-refractivity contribution in [3.05, 3.63) is 21.9 Å². The van der Waals surface area contributed by atoms with Gasteiger partial charge < -0.3 is 4.90 Å². The molecule has 124 valence electrons. The van der Waals surface area contributed by atoms with Crippen LogP contribution in [-0.4, -0.2) is 66.8 Å². The standard InChI is InChI=1S/C10H16N5O2.ClHO4/c1-13(2)6-8(7-14(3)4)10-9(15(16)17)5-11-12-10;2-1(3,4)5/h5-7,9H,1-4H3;(H,2,3,4,5)/q+1;/p-1. The molecule has 1 atom stereocenters. The molecule has 0 radical (unpaired) electrons. The van der Waals surface area contributed by atoms with Gasteiger partial charge in [0.1, 0.15) is 20.3 Å². The molecule has 0 aromatic rings. The van der Waals surface area contributed by atoms with Crippen molar-refractivity contribution in [3.63, 3.8) is 0 Å². The van der Waals surface area contributed by atoms with Crippen molar-refractivity contribution in [3.8, 4) is 0 Å². The number of halogens is 1. The minimum atomic E-state index is -4.94. The van der Waals surface area contributed by atoms with E-state index in [9.17, 15) is 10.1 Å². The van der Waals surface area contributed by atoms with E-state index in [0.717, 1.165) is 0 Å². The zero-order valence-corrected chi connectivity index (χ0v) is 13.1. The number of rotatable bonds is 4. The Bertz CT molecular complexity index is 512. The van der Waals surface area contributed by atoms with Crippen molar-refractivity contribution < 1.29 is 38.4 Å². The van der Waals surface area contributed by atoms with Gasteiger partial charge in [0.2, 0.25) is 0 Å². The SMILES string of the molecule is CN(C)/C=C(/C=[N+](C)C)C1=NN=CC1[N+](=O)[O-].[O-][Cl+3]([O-])([O-])[O-]. The summed E-state index contributed by atoms with van der Waals surface area (Å²) >= 11 is 0. The van der Waals surface area contributed by atoms with E-state index in [1.807, 2.05) is 37.7 Å². The highest BCUT2D eigenvalue weighted by atomic mass is 35.7. The fourth-order valence-electron chi connectivity index (χ4n) is 1.39. The highest BCUT2D eigenvalue weighted by Gasteiger charge is 2.32. The van der Waals surface area contributed by atoms with Gasteiger partial charge in [-0.05, 0) is 0 Å². The van der Waals surface area contributed by atoms with Crippen molar-refractivity contribution in [2.24, 2.45) is 10.2 Å². The van der Waals surface area contributed by atoms with Crippen LogP contribution in [0.15, 0.2) is 22.0 Å². The molecule has 0 N–H and O–H groups in total. The Labute approximate surface area is 128 Å². The van der Waals surface area contributed by atoms with Gasteiger partial charge in [0.25, 0.3) is 6.04 Å². The van der Waals surface area contributed by atoms with E-state index in [4.69, 9.17) is 18.6 Å². The maximum Gasteiger partial charge on any atom is 0.294 e. The molecule has 0 amide bonds. The first-order valence-corrected chi connectivity index (χ1v) is 6.91. The summed E-state index contributed by atoms with van der Waals surface area (Å²) in [5.41, 5.74) is 1.04. The van der Waals surface area contributed by atoms with Gasteiger partial charge in [-0.1, -0.05) is 0 Å². The Hall–Kier alpha value is -1.92. The van der Waals surface area contributed by atoms with Gasteiger partial charge in [0.15, 0.2) is 11.9 Å². The van der Waals surface area contributed by atoms with Gasteiger partial charge in [0.05, 0.1) is 5.57 Å². The van der Waals surface area contributed by atoms with E-state index in [-0.39, 0.29) is 0 Å². The van der Waals surface area contributed by atoms with Crippen molar-refractivity contribution in [2.45, 2.75) is 6.04 Å². The normalized spacial score (nSPS) is 17.4. The van der Waals surface area contributed by atoms with Crippen LogP contribution in [0, 0.1) is 20.4 Å². The molecule has 0 saturated carbocycles. The first-order chi connectivity index (χ1) is 9.91. The minimum absolute atomic E-state index is 0.359. The summed E-state index contributed by atoms with van der Waals surface area (Å²) in [5.74, 6) is 0. The molecule has 0 saturated heterocycles. The van der Waals surface area contributed by atoms with E-state index >= 15 is 0 Å². The lowest BCUT2D eigenvalue weighted by Gasteiger charge is -2.17. The summed E-state index contributed by atoms with van der Waals surface area (Å²) in [5, 5.41) is 18.3. The highest BCUT2D eigenvalue weighted by molar-refractivity contribution is 6.23. The maximum atomic E-state index is 10.9. The lowest BCUT2D eigenvalue weighted by atomic mass is 10.1. The second kappa shape index (κ2) is 8.51. The van der Waals surface area contributed by atoms with Crippen molar-refractivity contribution in [1.29, 1.82) is 0 Å². The molecule has 0 aromatic carbocycles. The molecule has 1 aliphatic heterocycles. The molecule has 12 heteroatoms. The maximum absolute atomic E-state index is 10.9. The predicted octanol–water partition coefficient (Wildman–Crippen LogP) is -4.90. The lowest BCUT2D eigenvalue weighted by molar-refractivity contribution is -2.00. The van der Waals surface area contributed by atoms with Gasteiger partial charge in [-0.15, -0.1) is 15.3 Å². The van der Waals surface area contributed by atoms with Crippen LogP contribution in [0.1, 0.15) is 0 Å². The van der Waals surface area contributed by atoms with E-state index in [1.165, 1.54) is 6.21 Å². The van der Waals surface area contributed by atoms with Crippen LogP contribution in [-0.2, 0) is 0 Å². The first kappa shape index (κ1) is 20.1. The second-order valence-corrected chi connectivity index (χ2v) is 5.25. The summed E-state index contributed by atoms with van der Waals surface area (Å²) in [7, 11) is 2.45. The van der Waals surface area contributed by atoms with Crippen LogP contribution >= 0.6 is 0 Å². The van der Waals surface area contributed by atoms with Gasteiger partial charge in [-0.2, -0.15) is 5.10 Å². The van der Waals surface area contributed by atoms with Crippen LogP contribution in [0.25, 0.3) is 0 Å². The Morgan fingerprint density at radius 3 is 2.18 bits per heavy atom. The van der Waals surface area contributed by atoms with E-state index in [2.05, 4.69) is 10.2 Å². The summed E-state index contributed by atoms with van der Waals surface area (Å²) < 4.78 is 35.8. The molecule has 1 aliphatic rings. The fraction of sp³-hybridized carbons (Fsp3) is 0.500. The third-order valence-corrected chi connectivity index (χ3v) is 1.97. The average molecular weight is 338 g/mol. The van der Waals surface area contributed by atoms with Crippen LogP contribution < -0.4 is 18.6 Å². The van der Waals surface area contributed by atoms with Gasteiger partial charge in [-0.3, -0.25) is 10.1 Å². The smallest absolute Gasteiger partial charge is 0.294 e. The minimum Gasteiger partial charge on any atom is -0.383 e. The van der Waals surface area contributed by atoms with Gasteiger partial charge >= 0.3 is 0 Å². The largest absolute Gasteiger partial charge is 0.383 e. The number of nitro groups is 1. The highest BCUT2D eigenvalue weighted by Crippen LogP contribution is 2.09. The Morgan fingerprint density at radius 2 is 1.82 bits per heavy atom. The Kier molecular flexibility index (Phi) is 7.76. The zero-order valence-electron chi connectivity index (χ0n) is 12.4. The third kappa shape index (κ3) is 9.10. The summed E-state index contributed by atoms with van der Waals surface area (Å²) in [6, 6.07) is -0.961. The molecule has 0 aliphatic carbocycles. The molecule has 0 spiro atoms. The van der Waals surface area contributed by atoms with Crippen LogP contribution in [0.3, 0.4) is 0 Å². The molecule has 0 aromatic heterocycles. The molecule has 11 nitrogen and oxygen atoms in total. The van der Waals surface area contributed by atoms with E-state index in [1.54, 1.807) is 12.4 Å². The Balaban J connectivity index is 0.000000763. The van der Waals surface area contributed by atoms with Crippen LogP contribution in [0.4, 0.5) is 0 Å². The van der Waals surface area contributed by atoms with E-state index < -0.39 is 21.2 Å². The third-order valence-electron chi connectivity index (χ3n) is 1.97. The molecule has 1 unspecified atom stereocenters. The molecule has 1 rings (SSSR count). The van der Waals surface area contributed by atoms with Gasteiger partial charge in [0, 0.05) is 25.2 Å². The monoisotopic (exact) mass is 337 g/mol. The summed E-state index contributed by atoms with van der Waals surface area (Å²) in [6.45, 7) is 0. The second-order valence-electron chi connectivity index (χ2n) is 4.50. The number of hydrogen-bond acceptors (Lipinski definition) is 9. The topological polar surface area (TPSA) is 166 Å². The predicted molar refractivity (Wildman–Crippen MR) is 66.7 cm³/mol. The average Bonchev–Trinajstić information content (AvgIpc) is 2.72. The molecular formula is C10H16ClN5O6. The molecule has 0 fully saturated rings. The van der Waals surface area contributed by atoms with Gasteiger partial charge in [-0.25, -0.2) is 23.2 Å². The lowest BCUT2D eigenvalue weighted by Crippen LogP contribution is -2.68. The molecule has 0 bridgehead atoms. The molecule has 1 heterocycles. The zero-order chi connectivity index (χ0) is 17.5. The summed E-state index contributed by atoms with van der Waals surface area (Å²) in [4.78, 5) is 12.3. The first-order valence-electron chi connectivity index (χ1n) is 5.68. The van der Waals surface area contributed by atoms with Crippen molar-refractivity contribution >= 4 is 18.1 Å². The molecule has 22 heavy (non-hydrogen) atoms. The quantitative estimate of drug-likeness (QED) is 0.214.